The van der Waals surface area contributed by atoms with Crippen molar-refractivity contribution in [2.24, 2.45) is 5.73 Å². The van der Waals surface area contributed by atoms with E-state index < -0.39 is 0 Å². The first-order valence-electron chi connectivity index (χ1n) is 6.92. The van der Waals surface area contributed by atoms with Gasteiger partial charge in [-0.1, -0.05) is 6.92 Å². The lowest BCUT2D eigenvalue weighted by Gasteiger charge is -2.39. The Bertz CT molecular complexity index is 391. The van der Waals surface area contributed by atoms with Gasteiger partial charge in [0.1, 0.15) is 0 Å². The molecule has 1 aliphatic heterocycles. The lowest BCUT2D eigenvalue weighted by molar-refractivity contribution is 0.0228. The van der Waals surface area contributed by atoms with E-state index in [0.29, 0.717) is 12.1 Å². The topological polar surface area (TPSA) is 38.5 Å². The zero-order valence-corrected chi connectivity index (χ0v) is 14.0. The average Bonchev–Trinajstić information content (AvgIpc) is 2.86. The predicted molar refractivity (Wildman–Crippen MR) is 84.6 cm³/mol. The van der Waals surface area contributed by atoms with Crippen molar-refractivity contribution in [1.29, 1.82) is 0 Å². The van der Waals surface area contributed by atoms with E-state index in [0.717, 1.165) is 36.8 Å². The van der Waals surface area contributed by atoms with Gasteiger partial charge in [-0.3, -0.25) is 4.90 Å². The number of thiophene rings is 1. The molecule has 2 unspecified atom stereocenters. The number of hydrogen-bond acceptors (Lipinski definition) is 4. The molecule has 1 aromatic heterocycles. The van der Waals surface area contributed by atoms with Crippen molar-refractivity contribution in [2.45, 2.75) is 44.4 Å². The third kappa shape index (κ3) is 3.79. The lowest BCUT2D eigenvalue weighted by Crippen LogP contribution is -2.45. The molecule has 0 aromatic carbocycles. The first-order valence-corrected chi connectivity index (χ1v) is 8.59. The summed E-state index contributed by atoms with van der Waals surface area (Å²) in [4.78, 5) is 3.90. The molecular weight excluding hydrogens is 324 g/mol. The summed E-state index contributed by atoms with van der Waals surface area (Å²) >= 11 is 5.35. The molecule has 0 bridgehead atoms. The van der Waals surface area contributed by atoms with E-state index in [1.807, 2.05) is 7.11 Å². The minimum atomic E-state index is 0.199. The largest absolute Gasteiger partial charge is 0.381 e. The molecule has 1 aliphatic rings. The summed E-state index contributed by atoms with van der Waals surface area (Å²) in [6, 6.07) is 2.76. The van der Waals surface area contributed by atoms with E-state index in [1.165, 1.54) is 4.88 Å². The molecule has 2 N–H and O–H groups in total. The second-order valence-electron chi connectivity index (χ2n) is 5.16. The van der Waals surface area contributed by atoms with Gasteiger partial charge in [-0.05, 0) is 41.3 Å². The minimum Gasteiger partial charge on any atom is -0.381 e. The summed E-state index contributed by atoms with van der Waals surface area (Å²) < 4.78 is 6.61. The molecule has 0 amide bonds. The molecule has 5 heteroatoms. The van der Waals surface area contributed by atoms with Crippen LogP contribution in [0.1, 0.15) is 37.1 Å². The van der Waals surface area contributed by atoms with Crippen molar-refractivity contribution in [1.82, 2.24) is 4.90 Å². The number of hydrogen-bond donors (Lipinski definition) is 1. The third-order valence-electron chi connectivity index (χ3n) is 3.96. The number of nitrogens with zero attached hydrogens (tertiary/aromatic N) is 1. The summed E-state index contributed by atoms with van der Waals surface area (Å²) in [5.41, 5.74) is 6.37. The number of piperidine rings is 1. The second-order valence-corrected chi connectivity index (χ2v) is 7.01. The first-order chi connectivity index (χ1) is 9.15. The van der Waals surface area contributed by atoms with Crippen molar-refractivity contribution in [3.05, 3.63) is 20.8 Å². The molecule has 0 spiro atoms. The van der Waals surface area contributed by atoms with Gasteiger partial charge in [0.2, 0.25) is 0 Å². The lowest BCUT2D eigenvalue weighted by atomic mass is 9.99. The fraction of sp³-hybridized carbons (Fsp3) is 0.714. The maximum absolute atomic E-state index is 6.37. The van der Waals surface area contributed by atoms with Crippen LogP contribution in [0.25, 0.3) is 0 Å². The Morgan fingerprint density at radius 3 is 2.68 bits per heavy atom. The Morgan fingerprint density at radius 1 is 1.53 bits per heavy atom. The van der Waals surface area contributed by atoms with Crippen molar-refractivity contribution >= 4 is 27.3 Å². The van der Waals surface area contributed by atoms with Crippen molar-refractivity contribution in [3.8, 4) is 0 Å². The Labute approximate surface area is 128 Å². The van der Waals surface area contributed by atoms with Crippen LogP contribution < -0.4 is 5.73 Å². The van der Waals surface area contributed by atoms with Gasteiger partial charge in [-0.2, -0.15) is 0 Å². The smallest absolute Gasteiger partial charge is 0.0595 e. The van der Waals surface area contributed by atoms with Crippen LogP contribution in [-0.2, 0) is 4.74 Å². The number of ether oxygens (including phenoxy) is 1. The summed E-state index contributed by atoms with van der Waals surface area (Å²) in [6.45, 7) is 4.32. The normalized spacial score (nSPS) is 21.5. The Hall–Kier alpha value is 0.0600. The number of nitrogens with two attached hydrogens (primary N) is 1. The molecule has 0 saturated carbocycles. The Morgan fingerprint density at radius 2 is 2.21 bits per heavy atom. The SMILES string of the molecule is CCC(N)C(c1cc(Br)cs1)N1CCC(OC)CC1. The second kappa shape index (κ2) is 7.18. The molecule has 2 atom stereocenters. The maximum Gasteiger partial charge on any atom is 0.0595 e. The molecule has 0 aliphatic carbocycles. The number of likely N-dealkylation sites (tertiary alicyclic amines) is 1. The summed E-state index contributed by atoms with van der Waals surface area (Å²) in [7, 11) is 1.81. The molecule has 2 heterocycles. The van der Waals surface area contributed by atoms with Crippen LogP contribution in [0, 0.1) is 0 Å². The molecular formula is C14H23BrN2OS. The molecule has 108 valence electrons. The average molecular weight is 347 g/mol. The van der Waals surface area contributed by atoms with Gasteiger partial charge in [0.25, 0.3) is 0 Å². The highest BCUT2D eigenvalue weighted by atomic mass is 79.9. The molecule has 1 fully saturated rings. The van der Waals surface area contributed by atoms with E-state index in [1.54, 1.807) is 11.3 Å². The van der Waals surface area contributed by atoms with Gasteiger partial charge in [0, 0.05) is 41.0 Å². The van der Waals surface area contributed by atoms with Gasteiger partial charge in [0.05, 0.1) is 12.1 Å². The van der Waals surface area contributed by atoms with Crippen LogP contribution in [0.2, 0.25) is 0 Å². The number of halogens is 1. The standard InChI is InChI=1S/C14H23BrN2OS/c1-3-12(16)14(13-8-10(15)9-19-13)17-6-4-11(18-2)5-7-17/h8-9,11-12,14H,3-7,16H2,1-2H3. The van der Waals surface area contributed by atoms with Crippen molar-refractivity contribution in [3.63, 3.8) is 0 Å². The van der Waals surface area contributed by atoms with E-state index in [9.17, 15) is 0 Å². The Kier molecular flexibility index (Phi) is 5.84. The van der Waals surface area contributed by atoms with Crippen molar-refractivity contribution in [2.75, 3.05) is 20.2 Å². The monoisotopic (exact) mass is 346 g/mol. The Balaban J connectivity index is 2.10. The fourth-order valence-electron chi connectivity index (χ4n) is 2.76. The van der Waals surface area contributed by atoms with Crippen LogP contribution in [0.15, 0.2) is 15.9 Å². The fourth-order valence-corrected chi connectivity index (χ4v) is 4.41. The highest BCUT2D eigenvalue weighted by Crippen LogP contribution is 2.34. The number of methoxy groups -OCH3 is 1. The zero-order valence-electron chi connectivity index (χ0n) is 11.6. The van der Waals surface area contributed by atoms with E-state index in [2.05, 4.69) is 39.2 Å². The molecule has 2 rings (SSSR count). The van der Waals surface area contributed by atoms with Crippen LogP contribution in [0.3, 0.4) is 0 Å². The highest BCUT2D eigenvalue weighted by Gasteiger charge is 2.30. The van der Waals surface area contributed by atoms with Crippen molar-refractivity contribution < 1.29 is 4.74 Å². The van der Waals surface area contributed by atoms with E-state index >= 15 is 0 Å². The zero-order chi connectivity index (χ0) is 13.8. The van der Waals surface area contributed by atoms with E-state index in [4.69, 9.17) is 10.5 Å². The quantitative estimate of drug-likeness (QED) is 0.887. The first kappa shape index (κ1) is 15.4. The highest BCUT2D eigenvalue weighted by molar-refractivity contribution is 9.10. The van der Waals surface area contributed by atoms with Gasteiger partial charge in [-0.25, -0.2) is 0 Å². The van der Waals surface area contributed by atoms with Gasteiger partial charge >= 0.3 is 0 Å². The summed E-state index contributed by atoms with van der Waals surface area (Å²) in [6.07, 6.45) is 3.64. The van der Waals surface area contributed by atoms with Gasteiger partial charge in [-0.15, -0.1) is 11.3 Å². The van der Waals surface area contributed by atoms with Crippen LogP contribution in [-0.4, -0.2) is 37.2 Å². The van der Waals surface area contributed by atoms with Crippen LogP contribution in [0.5, 0.6) is 0 Å². The number of rotatable bonds is 5. The van der Waals surface area contributed by atoms with Crippen LogP contribution in [0.4, 0.5) is 0 Å². The summed E-state index contributed by atoms with van der Waals surface area (Å²) in [5, 5.41) is 2.15. The molecule has 19 heavy (non-hydrogen) atoms. The summed E-state index contributed by atoms with van der Waals surface area (Å²) in [5.74, 6) is 0. The van der Waals surface area contributed by atoms with Gasteiger partial charge < -0.3 is 10.5 Å². The minimum absolute atomic E-state index is 0.199. The molecule has 0 radical (unpaired) electrons. The van der Waals surface area contributed by atoms with Crippen LogP contribution >= 0.6 is 27.3 Å². The molecule has 1 aromatic rings. The molecule has 1 saturated heterocycles. The molecule has 3 nitrogen and oxygen atoms in total. The third-order valence-corrected chi connectivity index (χ3v) is 5.72. The maximum atomic E-state index is 6.37. The van der Waals surface area contributed by atoms with Gasteiger partial charge in [0.15, 0.2) is 0 Å². The van der Waals surface area contributed by atoms with E-state index in [-0.39, 0.29) is 6.04 Å². The predicted octanol–water partition coefficient (Wildman–Crippen LogP) is 3.40.